The van der Waals surface area contributed by atoms with Gasteiger partial charge in [0.05, 0.1) is 5.36 Å². The quantitative estimate of drug-likeness (QED) is 0.633. The number of hydrogen-bond donors (Lipinski definition) is 2. The smallest absolute Gasteiger partial charge is 0.225 e. The summed E-state index contributed by atoms with van der Waals surface area (Å²) in [6.45, 7) is 4.68. The molecule has 0 amide bonds. The molecule has 1 aromatic carbocycles. The molecule has 0 fully saturated rings. The number of nitrogens with one attached hydrogen (secondary N) is 1. The number of aliphatic hydroxyl groups is 1. The van der Waals surface area contributed by atoms with E-state index in [2.05, 4.69) is 17.2 Å². The highest BCUT2D eigenvalue weighted by molar-refractivity contribution is 6.29. The molecule has 1 unspecified atom stereocenters. The van der Waals surface area contributed by atoms with Crippen LogP contribution in [0, 0.1) is 0 Å². The lowest BCUT2D eigenvalue weighted by Crippen LogP contribution is -2.49. The number of allylic oxidation sites excluding steroid dienone is 1. The number of halogens is 1. The second kappa shape index (κ2) is 6.34. The van der Waals surface area contributed by atoms with Crippen molar-refractivity contribution in [3.05, 3.63) is 51.1 Å². The third-order valence-electron chi connectivity index (χ3n) is 4.51. The summed E-state index contributed by atoms with van der Waals surface area (Å²) in [5, 5.41) is 15.5. The minimum Gasteiger partial charge on any atom is -0.493 e. The number of unbranched alkanes of at least 4 members (excludes halogenated alkanes) is 1. The average molecular weight is 346 g/mol. The second-order valence-corrected chi connectivity index (χ2v) is 6.74. The van der Waals surface area contributed by atoms with Crippen molar-refractivity contribution in [1.82, 2.24) is 10.2 Å². The Hall–Kier alpha value is -2.23. The lowest BCUT2D eigenvalue weighted by Gasteiger charge is -2.37. The third-order valence-corrected chi connectivity index (χ3v) is 4.78. The first-order chi connectivity index (χ1) is 11.5. The summed E-state index contributed by atoms with van der Waals surface area (Å²) in [7, 11) is 0. The van der Waals surface area contributed by atoms with E-state index >= 15 is 0 Å². The molecule has 0 aliphatic carbocycles. The molecule has 1 aromatic rings. The molecule has 2 heterocycles. The first-order valence-electron chi connectivity index (χ1n) is 8.06. The summed E-state index contributed by atoms with van der Waals surface area (Å²) in [6, 6.07) is 5.80. The third kappa shape index (κ3) is 2.93. The van der Waals surface area contributed by atoms with Crippen molar-refractivity contribution in [3.63, 3.8) is 0 Å². The zero-order valence-corrected chi connectivity index (χ0v) is 14.5. The molecule has 5 nitrogen and oxygen atoms in total. The van der Waals surface area contributed by atoms with E-state index in [1.54, 1.807) is 6.08 Å². The summed E-state index contributed by atoms with van der Waals surface area (Å²) < 4.78 is 0. The molecule has 3 rings (SSSR count). The molecule has 2 N–H and O–H groups in total. The van der Waals surface area contributed by atoms with Gasteiger partial charge in [0.1, 0.15) is 11.4 Å². The maximum Gasteiger partial charge on any atom is 0.225 e. The van der Waals surface area contributed by atoms with Gasteiger partial charge in [0, 0.05) is 11.8 Å². The first-order valence-corrected chi connectivity index (χ1v) is 8.43. The van der Waals surface area contributed by atoms with E-state index in [0.29, 0.717) is 12.2 Å². The fraction of sp³-hybridized carbons (Fsp3) is 0.389. The summed E-state index contributed by atoms with van der Waals surface area (Å²) in [4.78, 5) is 16.8. The van der Waals surface area contributed by atoms with Crippen LogP contribution in [-0.2, 0) is 11.3 Å². The SMILES string of the molecule is CCCCC1(C)NC(Cl)=C(O)N1Cc1ccc2c(c1)=CC(=C=O)N=2. The zero-order valence-electron chi connectivity index (χ0n) is 13.8. The van der Waals surface area contributed by atoms with Crippen LogP contribution >= 0.6 is 11.6 Å². The average Bonchev–Trinajstić information content (AvgIpc) is 3.07. The number of fused-ring (bicyclic) bond motifs is 1. The normalized spacial score (nSPS) is 22.0. The van der Waals surface area contributed by atoms with Crippen molar-refractivity contribution in [3.8, 4) is 0 Å². The van der Waals surface area contributed by atoms with Gasteiger partial charge in [-0.25, -0.2) is 9.79 Å². The van der Waals surface area contributed by atoms with Crippen LogP contribution in [0.4, 0.5) is 0 Å². The molecular weight excluding hydrogens is 326 g/mol. The largest absolute Gasteiger partial charge is 0.493 e. The fourth-order valence-corrected chi connectivity index (χ4v) is 3.45. The number of carbonyl (C=O) groups excluding carboxylic acids is 1. The fourth-order valence-electron chi connectivity index (χ4n) is 3.14. The van der Waals surface area contributed by atoms with Gasteiger partial charge in [-0.3, -0.25) is 0 Å². The van der Waals surface area contributed by atoms with E-state index in [1.165, 1.54) is 0 Å². The Labute approximate surface area is 145 Å². The van der Waals surface area contributed by atoms with Crippen LogP contribution < -0.4 is 15.9 Å². The van der Waals surface area contributed by atoms with Crippen molar-refractivity contribution in [1.29, 1.82) is 0 Å². The van der Waals surface area contributed by atoms with E-state index < -0.39 is 5.66 Å². The van der Waals surface area contributed by atoms with Crippen molar-refractivity contribution in [2.24, 2.45) is 4.99 Å². The van der Waals surface area contributed by atoms with Crippen molar-refractivity contribution in [2.75, 3.05) is 0 Å². The standard InChI is InChI=1S/C18H20ClN3O2/c1-3-4-7-18(2)21-16(19)17(24)22(18)10-12-5-6-15-13(8-12)9-14(11-23)20-15/h5-6,8-9,21,24H,3-4,7,10H2,1-2H3. The minimum absolute atomic E-state index is 0.0675. The van der Waals surface area contributed by atoms with Gasteiger partial charge in [0.15, 0.2) is 11.1 Å². The Morgan fingerprint density at radius 2 is 2.25 bits per heavy atom. The highest BCUT2D eigenvalue weighted by Gasteiger charge is 2.40. The number of benzene rings is 1. The van der Waals surface area contributed by atoms with Gasteiger partial charge in [-0.2, -0.15) is 0 Å². The van der Waals surface area contributed by atoms with Crippen LogP contribution in [0.25, 0.3) is 6.08 Å². The van der Waals surface area contributed by atoms with Gasteiger partial charge in [-0.15, -0.1) is 0 Å². The van der Waals surface area contributed by atoms with Crippen LogP contribution in [0.2, 0.25) is 0 Å². The van der Waals surface area contributed by atoms with Gasteiger partial charge in [0.25, 0.3) is 0 Å². The van der Waals surface area contributed by atoms with Gasteiger partial charge in [-0.05, 0) is 43.5 Å². The predicted octanol–water partition coefficient (Wildman–Crippen LogP) is 2.05. The summed E-state index contributed by atoms with van der Waals surface area (Å²) in [6.07, 6.45) is 4.68. The number of nitrogens with zero attached hydrogens (tertiary/aromatic N) is 2. The Kier molecular flexibility index (Phi) is 4.39. The van der Waals surface area contributed by atoms with Crippen LogP contribution in [0.3, 0.4) is 0 Å². The Morgan fingerprint density at radius 1 is 1.46 bits per heavy atom. The van der Waals surface area contributed by atoms with Crippen molar-refractivity contribution in [2.45, 2.75) is 45.3 Å². The topological polar surface area (TPSA) is 64.9 Å². The molecule has 1 atom stereocenters. The highest BCUT2D eigenvalue weighted by atomic mass is 35.5. The van der Waals surface area contributed by atoms with E-state index in [4.69, 9.17) is 11.6 Å². The van der Waals surface area contributed by atoms with E-state index in [1.807, 2.05) is 36.0 Å². The van der Waals surface area contributed by atoms with Crippen molar-refractivity contribution < 1.29 is 9.90 Å². The lowest BCUT2D eigenvalue weighted by atomic mass is 10.0. The Balaban J connectivity index is 1.90. The van der Waals surface area contributed by atoms with E-state index in [9.17, 15) is 9.90 Å². The lowest BCUT2D eigenvalue weighted by molar-refractivity contribution is 0.0772. The molecule has 0 aromatic heterocycles. The van der Waals surface area contributed by atoms with Crippen LogP contribution in [0.5, 0.6) is 0 Å². The van der Waals surface area contributed by atoms with Crippen LogP contribution in [0.1, 0.15) is 38.7 Å². The van der Waals surface area contributed by atoms with Crippen LogP contribution in [-0.4, -0.2) is 21.6 Å². The molecule has 0 saturated heterocycles. The molecule has 6 heteroatoms. The number of aliphatic hydroxyl groups excluding tert-OH is 1. The molecule has 0 radical (unpaired) electrons. The molecule has 0 bridgehead atoms. The summed E-state index contributed by atoms with van der Waals surface area (Å²) in [5.41, 5.74) is 0.899. The second-order valence-electron chi connectivity index (χ2n) is 6.36. The van der Waals surface area contributed by atoms with E-state index in [-0.39, 0.29) is 11.0 Å². The minimum atomic E-state index is -0.419. The molecule has 24 heavy (non-hydrogen) atoms. The monoisotopic (exact) mass is 345 g/mol. The molecule has 0 spiro atoms. The maximum absolute atomic E-state index is 10.7. The van der Waals surface area contributed by atoms with Gasteiger partial charge < -0.3 is 15.3 Å². The van der Waals surface area contributed by atoms with Gasteiger partial charge in [0.2, 0.25) is 5.88 Å². The molecule has 126 valence electrons. The van der Waals surface area contributed by atoms with Gasteiger partial charge >= 0.3 is 0 Å². The number of rotatable bonds is 5. The first kappa shape index (κ1) is 16.6. The highest BCUT2D eigenvalue weighted by Crippen LogP contribution is 2.33. The van der Waals surface area contributed by atoms with Crippen LogP contribution in [0.15, 0.2) is 39.9 Å². The van der Waals surface area contributed by atoms with Gasteiger partial charge in [-0.1, -0.05) is 31.0 Å². The summed E-state index contributed by atoms with van der Waals surface area (Å²) >= 11 is 6.13. The number of hydrogen-bond acceptors (Lipinski definition) is 5. The molecular formula is C18H20ClN3O2. The molecule has 2 aliphatic heterocycles. The molecule has 0 saturated carbocycles. The summed E-state index contributed by atoms with van der Waals surface area (Å²) in [5.74, 6) is 1.88. The molecule has 2 aliphatic rings. The Bertz CT molecular complexity index is 871. The Morgan fingerprint density at radius 3 is 2.96 bits per heavy atom. The predicted molar refractivity (Wildman–Crippen MR) is 93.0 cm³/mol. The zero-order chi connectivity index (χ0) is 17.3. The van der Waals surface area contributed by atoms with Crippen molar-refractivity contribution >= 4 is 23.6 Å². The van der Waals surface area contributed by atoms with E-state index in [0.717, 1.165) is 35.4 Å². The maximum atomic E-state index is 10.7.